The van der Waals surface area contributed by atoms with Crippen molar-refractivity contribution in [3.63, 3.8) is 0 Å². The van der Waals surface area contributed by atoms with E-state index >= 15 is 0 Å². The molecule has 1 unspecified atom stereocenters. The first-order valence-corrected chi connectivity index (χ1v) is 8.07. The molecule has 18 heavy (non-hydrogen) atoms. The van der Waals surface area contributed by atoms with Crippen LogP contribution in [0.15, 0.2) is 28.6 Å². The monoisotopic (exact) mass is 280 g/mol. The summed E-state index contributed by atoms with van der Waals surface area (Å²) in [5.41, 5.74) is 1.12. The topological polar surface area (TPSA) is 24.9 Å². The van der Waals surface area contributed by atoms with Crippen LogP contribution in [0.3, 0.4) is 0 Å². The Bertz CT molecular complexity index is 460. The highest BCUT2D eigenvalue weighted by Crippen LogP contribution is 2.31. The van der Waals surface area contributed by atoms with Gasteiger partial charge in [0.15, 0.2) is 4.34 Å². The number of rotatable bonds is 6. The van der Waals surface area contributed by atoms with E-state index in [1.165, 1.54) is 9.04 Å². The lowest BCUT2D eigenvalue weighted by molar-refractivity contribution is 0.554. The number of fused-ring (bicyclic) bond motifs is 1. The first kappa shape index (κ1) is 13.8. The van der Waals surface area contributed by atoms with Crippen molar-refractivity contribution in [3.05, 3.63) is 24.3 Å². The van der Waals surface area contributed by atoms with Crippen LogP contribution in [-0.2, 0) is 0 Å². The lowest BCUT2D eigenvalue weighted by atomic mass is 10.2. The third-order valence-electron chi connectivity index (χ3n) is 2.56. The summed E-state index contributed by atoms with van der Waals surface area (Å²) >= 11 is 3.66. The highest BCUT2D eigenvalue weighted by atomic mass is 32.2. The van der Waals surface area contributed by atoms with Crippen LogP contribution in [0.5, 0.6) is 0 Å². The average molecular weight is 280 g/mol. The number of nitrogens with one attached hydrogen (secondary N) is 1. The van der Waals surface area contributed by atoms with Crippen molar-refractivity contribution in [2.24, 2.45) is 5.92 Å². The summed E-state index contributed by atoms with van der Waals surface area (Å²) in [5, 5.41) is 4.05. The fraction of sp³-hybridized carbons (Fsp3) is 0.500. The quantitative estimate of drug-likeness (QED) is 0.809. The number of aromatic nitrogens is 1. The maximum absolute atomic E-state index is 4.65. The number of hydrogen-bond acceptors (Lipinski definition) is 4. The second-order valence-electron chi connectivity index (χ2n) is 4.93. The lowest BCUT2D eigenvalue weighted by Gasteiger charge is -2.11. The van der Waals surface area contributed by atoms with Gasteiger partial charge in [0, 0.05) is 11.8 Å². The number of hydrogen-bond donors (Lipinski definition) is 1. The van der Waals surface area contributed by atoms with Crippen LogP contribution in [0, 0.1) is 5.92 Å². The zero-order valence-electron chi connectivity index (χ0n) is 11.1. The molecule has 0 aliphatic carbocycles. The van der Waals surface area contributed by atoms with Crippen molar-refractivity contribution < 1.29 is 0 Å². The molecular formula is C14H20N2S2. The van der Waals surface area contributed by atoms with E-state index in [4.69, 9.17) is 0 Å². The van der Waals surface area contributed by atoms with E-state index in [0.29, 0.717) is 11.2 Å². The second kappa shape index (κ2) is 6.55. The van der Waals surface area contributed by atoms with E-state index in [1.54, 1.807) is 11.3 Å². The molecule has 1 heterocycles. The van der Waals surface area contributed by atoms with Crippen molar-refractivity contribution in [1.29, 1.82) is 0 Å². The Hall–Kier alpha value is -0.580. The molecule has 4 heteroatoms. The Kier molecular flexibility index (Phi) is 5.03. The number of nitrogens with zero attached hydrogens (tertiary/aromatic N) is 1. The van der Waals surface area contributed by atoms with Crippen LogP contribution in [0.4, 0.5) is 0 Å². The summed E-state index contributed by atoms with van der Waals surface area (Å²) in [7, 11) is 0. The van der Waals surface area contributed by atoms with Crippen molar-refractivity contribution in [2.45, 2.75) is 30.4 Å². The van der Waals surface area contributed by atoms with Crippen LogP contribution in [0.1, 0.15) is 20.8 Å². The number of thioether (sulfide) groups is 1. The average Bonchev–Trinajstić information content (AvgIpc) is 2.70. The Morgan fingerprint density at radius 2 is 2.00 bits per heavy atom. The van der Waals surface area contributed by atoms with Gasteiger partial charge in [-0.25, -0.2) is 4.98 Å². The summed E-state index contributed by atoms with van der Waals surface area (Å²) in [6, 6.07) is 8.34. The maximum atomic E-state index is 4.65. The molecule has 98 valence electrons. The third-order valence-corrected chi connectivity index (χ3v) is 4.79. The Morgan fingerprint density at radius 3 is 2.72 bits per heavy atom. The smallest absolute Gasteiger partial charge is 0.151 e. The molecule has 0 spiro atoms. The highest BCUT2D eigenvalue weighted by molar-refractivity contribution is 8.01. The van der Waals surface area contributed by atoms with Gasteiger partial charge in [-0.2, -0.15) is 0 Å². The molecule has 1 atom stereocenters. The summed E-state index contributed by atoms with van der Waals surface area (Å²) < 4.78 is 2.46. The van der Waals surface area contributed by atoms with E-state index in [2.05, 4.69) is 49.3 Å². The molecule has 0 saturated heterocycles. The minimum Gasteiger partial charge on any atom is -0.315 e. The molecule has 0 bridgehead atoms. The largest absolute Gasteiger partial charge is 0.315 e. The van der Waals surface area contributed by atoms with Gasteiger partial charge in [0.25, 0.3) is 0 Å². The van der Waals surface area contributed by atoms with Gasteiger partial charge in [-0.3, -0.25) is 0 Å². The van der Waals surface area contributed by atoms with Gasteiger partial charge in [-0.05, 0) is 24.6 Å². The fourth-order valence-corrected chi connectivity index (χ4v) is 4.04. The van der Waals surface area contributed by atoms with E-state index in [1.807, 2.05) is 17.8 Å². The van der Waals surface area contributed by atoms with Gasteiger partial charge >= 0.3 is 0 Å². The standard InChI is InChI=1S/C14H20N2S2/c1-10(2)8-15-9-11(3)17-14-16-12-6-4-5-7-13(12)18-14/h4-7,10-11,15H,8-9H2,1-3H3. The van der Waals surface area contributed by atoms with Crippen LogP contribution >= 0.6 is 23.1 Å². The van der Waals surface area contributed by atoms with E-state index in [0.717, 1.165) is 18.6 Å². The lowest BCUT2D eigenvalue weighted by Crippen LogP contribution is -2.26. The van der Waals surface area contributed by atoms with Crippen LogP contribution < -0.4 is 5.32 Å². The first-order chi connectivity index (χ1) is 8.65. The summed E-state index contributed by atoms with van der Waals surface area (Å²) in [6.45, 7) is 8.85. The van der Waals surface area contributed by atoms with Crippen LogP contribution in [-0.4, -0.2) is 23.3 Å². The Balaban J connectivity index is 1.88. The molecule has 2 aromatic rings. The minimum absolute atomic E-state index is 0.560. The van der Waals surface area contributed by atoms with Gasteiger partial charge < -0.3 is 5.32 Å². The van der Waals surface area contributed by atoms with Gasteiger partial charge in [-0.15, -0.1) is 11.3 Å². The SMILES string of the molecule is CC(C)CNCC(C)Sc1nc2ccccc2s1. The van der Waals surface area contributed by atoms with Gasteiger partial charge in [-0.1, -0.05) is 44.7 Å². The number of benzene rings is 1. The zero-order chi connectivity index (χ0) is 13.0. The molecule has 0 fully saturated rings. The molecule has 1 aromatic heterocycles. The van der Waals surface area contributed by atoms with E-state index in [9.17, 15) is 0 Å². The number of thiazole rings is 1. The molecule has 2 nitrogen and oxygen atoms in total. The molecule has 0 aliphatic rings. The van der Waals surface area contributed by atoms with E-state index in [-0.39, 0.29) is 0 Å². The van der Waals surface area contributed by atoms with Crippen molar-refractivity contribution >= 4 is 33.3 Å². The predicted molar refractivity (Wildman–Crippen MR) is 82.6 cm³/mol. The summed E-state index contributed by atoms with van der Waals surface area (Å²) in [6.07, 6.45) is 0. The molecule has 0 saturated carbocycles. The minimum atomic E-state index is 0.560. The summed E-state index contributed by atoms with van der Waals surface area (Å²) in [5.74, 6) is 0.713. The molecule has 2 rings (SSSR count). The van der Waals surface area contributed by atoms with Crippen molar-refractivity contribution in [2.75, 3.05) is 13.1 Å². The second-order valence-corrected chi connectivity index (χ2v) is 7.64. The van der Waals surface area contributed by atoms with Crippen LogP contribution in [0.2, 0.25) is 0 Å². The molecule has 1 N–H and O–H groups in total. The molecule has 0 radical (unpaired) electrons. The molecule has 0 aliphatic heterocycles. The van der Waals surface area contributed by atoms with E-state index < -0.39 is 0 Å². The first-order valence-electron chi connectivity index (χ1n) is 6.38. The fourth-order valence-electron chi connectivity index (χ4n) is 1.69. The highest BCUT2D eigenvalue weighted by Gasteiger charge is 2.09. The molecule has 0 amide bonds. The number of para-hydroxylation sites is 1. The molecular weight excluding hydrogens is 260 g/mol. The normalized spacial score (nSPS) is 13.3. The Morgan fingerprint density at radius 1 is 1.22 bits per heavy atom. The third kappa shape index (κ3) is 3.97. The van der Waals surface area contributed by atoms with Crippen molar-refractivity contribution in [1.82, 2.24) is 10.3 Å². The van der Waals surface area contributed by atoms with Crippen molar-refractivity contribution in [3.8, 4) is 0 Å². The van der Waals surface area contributed by atoms with Gasteiger partial charge in [0.2, 0.25) is 0 Å². The van der Waals surface area contributed by atoms with Gasteiger partial charge in [0.1, 0.15) is 0 Å². The molecule has 1 aromatic carbocycles. The Labute approximate surface area is 117 Å². The summed E-state index contributed by atoms with van der Waals surface area (Å²) in [4.78, 5) is 4.65. The maximum Gasteiger partial charge on any atom is 0.151 e. The zero-order valence-corrected chi connectivity index (χ0v) is 12.8. The van der Waals surface area contributed by atoms with Crippen LogP contribution in [0.25, 0.3) is 10.2 Å². The predicted octanol–water partition coefficient (Wildman–Crippen LogP) is 4.02. The van der Waals surface area contributed by atoms with Gasteiger partial charge in [0.05, 0.1) is 10.2 Å².